The van der Waals surface area contributed by atoms with Crippen LogP contribution in [0.15, 0.2) is 24.3 Å². The van der Waals surface area contributed by atoms with Crippen LogP contribution in [0.1, 0.15) is 37.4 Å². The Labute approximate surface area is 127 Å². The molecule has 0 saturated heterocycles. The maximum atomic E-state index is 10.6. The lowest BCUT2D eigenvalue weighted by atomic mass is 10.1. The van der Waals surface area contributed by atoms with Crippen LogP contribution in [-0.2, 0) is 6.42 Å². The second kappa shape index (κ2) is 6.62. The molecule has 0 amide bonds. The standard InChI is InChI=1S/C14H18N4O2S/c1-9(2)8-13-16-17-14(21-13)15-10(3)11-4-6-12(7-5-11)18(19)20/h4-7,9-10H,8H2,1-3H3,(H,15,17). The second-order valence-corrected chi connectivity index (χ2v) is 6.38. The fraction of sp³-hybridized carbons (Fsp3) is 0.429. The highest BCUT2D eigenvalue weighted by Gasteiger charge is 2.12. The molecule has 1 N–H and O–H groups in total. The van der Waals surface area contributed by atoms with E-state index in [1.807, 2.05) is 6.92 Å². The first kappa shape index (κ1) is 15.4. The SMILES string of the molecule is CC(C)Cc1nnc(NC(C)c2ccc([N+](=O)[O-])cc2)s1. The van der Waals surface area contributed by atoms with E-state index in [1.165, 1.54) is 12.1 Å². The summed E-state index contributed by atoms with van der Waals surface area (Å²) in [5.41, 5.74) is 1.07. The molecule has 1 heterocycles. The average Bonchev–Trinajstić information content (AvgIpc) is 2.85. The number of nitro groups is 1. The van der Waals surface area contributed by atoms with Crippen molar-refractivity contribution in [2.24, 2.45) is 5.92 Å². The van der Waals surface area contributed by atoms with Crippen molar-refractivity contribution >= 4 is 22.2 Å². The van der Waals surface area contributed by atoms with Crippen LogP contribution in [0.2, 0.25) is 0 Å². The van der Waals surface area contributed by atoms with Gasteiger partial charge in [0.2, 0.25) is 5.13 Å². The first-order valence-corrected chi connectivity index (χ1v) is 7.60. The fourth-order valence-corrected chi connectivity index (χ4v) is 2.94. The number of hydrogen-bond donors (Lipinski definition) is 1. The van der Waals surface area contributed by atoms with Crippen molar-refractivity contribution in [2.75, 3.05) is 5.32 Å². The van der Waals surface area contributed by atoms with E-state index in [9.17, 15) is 10.1 Å². The maximum Gasteiger partial charge on any atom is 0.269 e. The number of nitrogens with one attached hydrogen (secondary N) is 1. The Morgan fingerprint density at radius 1 is 1.24 bits per heavy atom. The van der Waals surface area contributed by atoms with Crippen molar-refractivity contribution in [3.63, 3.8) is 0 Å². The van der Waals surface area contributed by atoms with Crippen LogP contribution in [0, 0.1) is 16.0 Å². The number of non-ortho nitro benzene ring substituents is 1. The lowest BCUT2D eigenvalue weighted by Gasteiger charge is -2.12. The van der Waals surface area contributed by atoms with Gasteiger partial charge in [-0.05, 0) is 18.4 Å². The van der Waals surface area contributed by atoms with E-state index in [4.69, 9.17) is 0 Å². The Kier molecular flexibility index (Phi) is 4.85. The smallest absolute Gasteiger partial charge is 0.269 e. The van der Waals surface area contributed by atoms with Gasteiger partial charge in [0.1, 0.15) is 5.01 Å². The summed E-state index contributed by atoms with van der Waals surface area (Å²) >= 11 is 1.55. The zero-order valence-corrected chi connectivity index (χ0v) is 13.1. The summed E-state index contributed by atoms with van der Waals surface area (Å²) in [6, 6.07) is 6.55. The Morgan fingerprint density at radius 2 is 1.90 bits per heavy atom. The minimum absolute atomic E-state index is 0.0191. The van der Waals surface area contributed by atoms with Crippen LogP contribution in [-0.4, -0.2) is 15.1 Å². The Hall–Kier alpha value is -2.02. The van der Waals surface area contributed by atoms with Gasteiger partial charge >= 0.3 is 0 Å². The van der Waals surface area contributed by atoms with E-state index in [0.717, 1.165) is 22.1 Å². The molecule has 0 aliphatic heterocycles. The van der Waals surface area contributed by atoms with Gasteiger partial charge in [-0.2, -0.15) is 0 Å². The van der Waals surface area contributed by atoms with E-state index in [2.05, 4.69) is 29.4 Å². The summed E-state index contributed by atoms with van der Waals surface area (Å²) in [5, 5.41) is 24.0. The van der Waals surface area contributed by atoms with E-state index >= 15 is 0 Å². The van der Waals surface area contributed by atoms with Crippen LogP contribution >= 0.6 is 11.3 Å². The van der Waals surface area contributed by atoms with Gasteiger partial charge in [-0.15, -0.1) is 10.2 Å². The average molecular weight is 306 g/mol. The number of benzene rings is 1. The molecule has 7 heteroatoms. The summed E-state index contributed by atoms with van der Waals surface area (Å²) in [6.45, 7) is 6.28. The van der Waals surface area contributed by atoms with Gasteiger partial charge in [0, 0.05) is 18.6 Å². The van der Waals surface area contributed by atoms with Crippen LogP contribution in [0.4, 0.5) is 10.8 Å². The Bertz CT molecular complexity index is 610. The highest BCUT2D eigenvalue weighted by molar-refractivity contribution is 7.15. The van der Waals surface area contributed by atoms with Gasteiger partial charge in [0.15, 0.2) is 0 Å². The largest absolute Gasteiger partial charge is 0.354 e. The minimum Gasteiger partial charge on any atom is -0.354 e. The zero-order chi connectivity index (χ0) is 15.4. The van der Waals surface area contributed by atoms with Crippen molar-refractivity contribution in [1.29, 1.82) is 0 Å². The molecule has 6 nitrogen and oxygen atoms in total. The topological polar surface area (TPSA) is 81.0 Å². The molecule has 0 spiro atoms. The van der Waals surface area contributed by atoms with Gasteiger partial charge < -0.3 is 5.32 Å². The predicted molar refractivity (Wildman–Crippen MR) is 83.6 cm³/mol. The lowest BCUT2D eigenvalue weighted by Crippen LogP contribution is -2.06. The third kappa shape index (κ3) is 4.22. The molecular formula is C14H18N4O2S. The highest BCUT2D eigenvalue weighted by atomic mass is 32.1. The second-order valence-electron chi connectivity index (χ2n) is 5.31. The molecule has 1 aromatic heterocycles. The van der Waals surface area contributed by atoms with Crippen molar-refractivity contribution < 1.29 is 4.92 Å². The molecule has 0 fully saturated rings. The summed E-state index contributed by atoms with van der Waals surface area (Å²) in [5.74, 6) is 0.554. The molecule has 1 aromatic carbocycles. The van der Waals surface area contributed by atoms with Crippen LogP contribution in [0.25, 0.3) is 0 Å². The third-order valence-corrected chi connectivity index (χ3v) is 3.87. The molecule has 0 aliphatic rings. The zero-order valence-electron chi connectivity index (χ0n) is 12.2. The summed E-state index contributed by atoms with van der Waals surface area (Å²) in [6.07, 6.45) is 0.922. The molecular weight excluding hydrogens is 288 g/mol. The quantitative estimate of drug-likeness (QED) is 0.648. The van der Waals surface area contributed by atoms with Crippen LogP contribution in [0.5, 0.6) is 0 Å². The Balaban J connectivity index is 2.01. The summed E-state index contributed by atoms with van der Waals surface area (Å²) in [7, 11) is 0. The molecule has 0 bridgehead atoms. The van der Waals surface area contributed by atoms with Gasteiger partial charge in [-0.1, -0.05) is 37.3 Å². The molecule has 2 rings (SSSR count). The first-order chi connectivity index (χ1) is 9.95. The van der Waals surface area contributed by atoms with Gasteiger partial charge in [-0.25, -0.2) is 0 Å². The number of aromatic nitrogens is 2. The molecule has 0 aliphatic carbocycles. The first-order valence-electron chi connectivity index (χ1n) is 6.79. The van der Waals surface area contributed by atoms with E-state index in [0.29, 0.717) is 5.92 Å². The van der Waals surface area contributed by atoms with Gasteiger partial charge in [-0.3, -0.25) is 10.1 Å². The van der Waals surface area contributed by atoms with Crippen molar-refractivity contribution in [3.8, 4) is 0 Å². The molecule has 0 saturated carbocycles. The lowest BCUT2D eigenvalue weighted by molar-refractivity contribution is -0.384. The molecule has 1 atom stereocenters. The number of nitro benzene ring substituents is 1. The molecule has 1 unspecified atom stereocenters. The van der Waals surface area contributed by atoms with Crippen LogP contribution in [0.3, 0.4) is 0 Å². The van der Waals surface area contributed by atoms with Gasteiger partial charge in [0.05, 0.1) is 11.0 Å². The van der Waals surface area contributed by atoms with E-state index in [-0.39, 0.29) is 11.7 Å². The molecule has 112 valence electrons. The van der Waals surface area contributed by atoms with Gasteiger partial charge in [0.25, 0.3) is 5.69 Å². The van der Waals surface area contributed by atoms with Crippen molar-refractivity contribution in [3.05, 3.63) is 45.0 Å². The number of anilines is 1. The molecule has 0 radical (unpaired) electrons. The fourth-order valence-electron chi connectivity index (χ4n) is 1.90. The van der Waals surface area contributed by atoms with E-state index in [1.54, 1.807) is 23.5 Å². The molecule has 2 aromatic rings. The predicted octanol–water partition coefficient (Wildman–Crippen LogP) is 3.82. The van der Waals surface area contributed by atoms with Crippen molar-refractivity contribution in [1.82, 2.24) is 10.2 Å². The monoisotopic (exact) mass is 306 g/mol. The number of hydrogen-bond acceptors (Lipinski definition) is 6. The Morgan fingerprint density at radius 3 is 2.48 bits per heavy atom. The van der Waals surface area contributed by atoms with Crippen molar-refractivity contribution in [2.45, 2.75) is 33.2 Å². The number of rotatable bonds is 6. The van der Waals surface area contributed by atoms with E-state index < -0.39 is 4.92 Å². The normalized spacial score (nSPS) is 12.4. The maximum absolute atomic E-state index is 10.6. The third-order valence-electron chi connectivity index (χ3n) is 2.99. The molecule has 21 heavy (non-hydrogen) atoms. The highest BCUT2D eigenvalue weighted by Crippen LogP contribution is 2.24. The summed E-state index contributed by atoms with van der Waals surface area (Å²) in [4.78, 5) is 10.2. The number of nitrogens with zero attached hydrogens (tertiary/aromatic N) is 3. The van der Waals surface area contributed by atoms with Crippen LogP contribution < -0.4 is 5.32 Å². The summed E-state index contributed by atoms with van der Waals surface area (Å²) < 4.78 is 0. The minimum atomic E-state index is -0.398.